The van der Waals surface area contributed by atoms with E-state index in [0.717, 1.165) is 5.56 Å². The molecule has 0 unspecified atom stereocenters. The number of aryl methyl sites for hydroxylation is 2. The van der Waals surface area contributed by atoms with E-state index >= 15 is 0 Å². The predicted octanol–water partition coefficient (Wildman–Crippen LogP) is 3.83. The maximum absolute atomic E-state index is 12.5. The number of hydrogen-bond donors (Lipinski definition) is 2. The van der Waals surface area contributed by atoms with Gasteiger partial charge in [-0.25, -0.2) is 9.97 Å². The Hall–Kier alpha value is -3.72. The van der Waals surface area contributed by atoms with E-state index in [9.17, 15) is 4.79 Å². The summed E-state index contributed by atoms with van der Waals surface area (Å²) in [6, 6.07) is 18.5. The molecule has 2 N–H and O–H groups in total. The number of amides is 1. The first-order valence-electron chi connectivity index (χ1n) is 8.50. The van der Waals surface area contributed by atoms with Crippen molar-refractivity contribution in [2.45, 2.75) is 20.4 Å². The second-order valence-electron chi connectivity index (χ2n) is 6.17. The zero-order valence-corrected chi connectivity index (χ0v) is 15.2. The molecular formula is C21H19N5O. The number of benzene rings is 2. The van der Waals surface area contributed by atoms with Crippen LogP contribution in [0.15, 0.2) is 54.6 Å². The van der Waals surface area contributed by atoms with Gasteiger partial charge in [0, 0.05) is 18.3 Å². The van der Waals surface area contributed by atoms with Crippen LogP contribution in [0.3, 0.4) is 0 Å². The zero-order chi connectivity index (χ0) is 19.2. The lowest BCUT2D eigenvalue weighted by atomic mass is 10.1. The summed E-state index contributed by atoms with van der Waals surface area (Å²) in [5, 5.41) is 14.8. The smallest absolute Gasteiger partial charge is 0.274 e. The molecule has 27 heavy (non-hydrogen) atoms. The standard InChI is InChI=1S/C21H19N5O/c1-14-3-5-17(6-4-14)13-23-20-11-19(24-15(2)25-20)21(27)26-18-9-7-16(12-22)8-10-18/h3-11H,13H2,1-2H3,(H,26,27)(H,23,24,25). The Bertz CT molecular complexity index is 989. The number of carbonyl (C=O) groups is 1. The first-order valence-corrected chi connectivity index (χ1v) is 8.50. The molecule has 1 heterocycles. The summed E-state index contributed by atoms with van der Waals surface area (Å²) in [4.78, 5) is 21.0. The van der Waals surface area contributed by atoms with Gasteiger partial charge >= 0.3 is 0 Å². The van der Waals surface area contributed by atoms with Crippen LogP contribution in [0.2, 0.25) is 0 Å². The molecule has 0 aliphatic carbocycles. The Balaban J connectivity index is 1.70. The summed E-state index contributed by atoms with van der Waals surface area (Å²) in [5.74, 6) is 0.769. The molecule has 1 aromatic heterocycles. The van der Waals surface area contributed by atoms with Crippen LogP contribution < -0.4 is 10.6 Å². The summed E-state index contributed by atoms with van der Waals surface area (Å²) in [6.07, 6.45) is 0. The van der Waals surface area contributed by atoms with Crippen LogP contribution in [0.5, 0.6) is 0 Å². The average molecular weight is 357 g/mol. The van der Waals surface area contributed by atoms with Crippen molar-refractivity contribution in [1.82, 2.24) is 9.97 Å². The van der Waals surface area contributed by atoms with E-state index in [2.05, 4.69) is 44.9 Å². The van der Waals surface area contributed by atoms with Crippen LogP contribution in [0.25, 0.3) is 0 Å². The number of anilines is 2. The van der Waals surface area contributed by atoms with Gasteiger partial charge in [0.05, 0.1) is 11.6 Å². The molecule has 6 heteroatoms. The van der Waals surface area contributed by atoms with Crippen LogP contribution >= 0.6 is 0 Å². The van der Waals surface area contributed by atoms with Crippen LogP contribution in [-0.2, 0) is 6.54 Å². The number of nitriles is 1. The van der Waals surface area contributed by atoms with Crippen molar-refractivity contribution in [1.29, 1.82) is 5.26 Å². The maximum Gasteiger partial charge on any atom is 0.274 e. The van der Waals surface area contributed by atoms with Crippen molar-refractivity contribution >= 4 is 17.4 Å². The normalized spacial score (nSPS) is 10.1. The lowest BCUT2D eigenvalue weighted by Gasteiger charge is -2.09. The molecule has 0 saturated heterocycles. The maximum atomic E-state index is 12.5. The van der Waals surface area contributed by atoms with Gasteiger partial charge in [-0.3, -0.25) is 4.79 Å². The Kier molecular flexibility index (Phi) is 5.43. The van der Waals surface area contributed by atoms with Gasteiger partial charge in [-0.1, -0.05) is 29.8 Å². The van der Waals surface area contributed by atoms with Gasteiger partial charge in [0.1, 0.15) is 17.3 Å². The second kappa shape index (κ2) is 8.11. The van der Waals surface area contributed by atoms with Crippen molar-refractivity contribution in [2.75, 3.05) is 10.6 Å². The van der Waals surface area contributed by atoms with Crippen molar-refractivity contribution in [2.24, 2.45) is 0 Å². The van der Waals surface area contributed by atoms with Crippen molar-refractivity contribution in [3.05, 3.63) is 82.8 Å². The molecule has 1 amide bonds. The monoisotopic (exact) mass is 357 g/mol. The van der Waals surface area contributed by atoms with Gasteiger partial charge in [0.2, 0.25) is 0 Å². The number of nitrogens with zero attached hydrogens (tertiary/aromatic N) is 3. The molecule has 0 radical (unpaired) electrons. The summed E-state index contributed by atoms with van der Waals surface area (Å²) < 4.78 is 0. The van der Waals surface area contributed by atoms with E-state index in [1.807, 2.05) is 13.0 Å². The van der Waals surface area contributed by atoms with E-state index in [0.29, 0.717) is 29.4 Å². The Labute approximate surface area is 157 Å². The molecule has 0 aliphatic rings. The molecule has 2 aromatic carbocycles. The third-order valence-electron chi connectivity index (χ3n) is 3.94. The highest BCUT2D eigenvalue weighted by Crippen LogP contribution is 2.13. The minimum Gasteiger partial charge on any atom is -0.366 e. The van der Waals surface area contributed by atoms with Crippen LogP contribution in [-0.4, -0.2) is 15.9 Å². The highest BCUT2D eigenvalue weighted by Gasteiger charge is 2.11. The summed E-state index contributed by atoms with van der Waals surface area (Å²) in [6.45, 7) is 4.40. The third-order valence-corrected chi connectivity index (χ3v) is 3.94. The van der Waals surface area contributed by atoms with Crippen molar-refractivity contribution in [3.8, 4) is 6.07 Å². The van der Waals surface area contributed by atoms with Crippen molar-refractivity contribution in [3.63, 3.8) is 0 Å². The number of rotatable bonds is 5. The molecule has 0 atom stereocenters. The Morgan fingerprint density at radius 1 is 1.04 bits per heavy atom. The summed E-state index contributed by atoms with van der Waals surface area (Å²) in [7, 11) is 0. The molecule has 0 spiro atoms. The van der Waals surface area contributed by atoms with E-state index < -0.39 is 0 Å². The second-order valence-corrected chi connectivity index (χ2v) is 6.17. The van der Waals surface area contributed by atoms with Crippen LogP contribution in [0, 0.1) is 25.2 Å². The molecule has 3 aromatic rings. The quantitative estimate of drug-likeness (QED) is 0.724. The van der Waals surface area contributed by atoms with Crippen molar-refractivity contribution < 1.29 is 4.79 Å². The summed E-state index contributed by atoms with van der Waals surface area (Å²) >= 11 is 0. The van der Waals surface area contributed by atoms with Gasteiger partial charge in [0.25, 0.3) is 5.91 Å². The fourth-order valence-electron chi connectivity index (χ4n) is 2.50. The molecule has 0 fully saturated rings. The zero-order valence-electron chi connectivity index (χ0n) is 15.2. The number of hydrogen-bond acceptors (Lipinski definition) is 5. The lowest BCUT2D eigenvalue weighted by Crippen LogP contribution is -2.15. The van der Waals surface area contributed by atoms with Gasteiger partial charge in [-0.15, -0.1) is 0 Å². The van der Waals surface area contributed by atoms with E-state index in [1.165, 1.54) is 5.56 Å². The minimum absolute atomic E-state index is 0.276. The molecule has 6 nitrogen and oxygen atoms in total. The predicted molar refractivity (Wildman–Crippen MR) is 104 cm³/mol. The third kappa shape index (κ3) is 4.89. The fourth-order valence-corrected chi connectivity index (χ4v) is 2.50. The fraction of sp³-hybridized carbons (Fsp3) is 0.143. The van der Waals surface area contributed by atoms with Gasteiger partial charge in [-0.05, 0) is 43.7 Å². The minimum atomic E-state index is -0.330. The van der Waals surface area contributed by atoms with E-state index in [-0.39, 0.29) is 11.6 Å². The van der Waals surface area contributed by atoms with E-state index in [1.54, 1.807) is 37.3 Å². The van der Waals surface area contributed by atoms with Gasteiger partial charge < -0.3 is 10.6 Å². The lowest BCUT2D eigenvalue weighted by molar-refractivity contribution is 0.102. The topological polar surface area (TPSA) is 90.7 Å². The number of carbonyl (C=O) groups excluding carboxylic acids is 1. The molecule has 0 aliphatic heterocycles. The molecule has 134 valence electrons. The SMILES string of the molecule is Cc1ccc(CNc2cc(C(=O)Nc3ccc(C#N)cc3)nc(C)n2)cc1. The molecule has 0 saturated carbocycles. The highest BCUT2D eigenvalue weighted by molar-refractivity contribution is 6.03. The molecular weight excluding hydrogens is 338 g/mol. The summed E-state index contributed by atoms with van der Waals surface area (Å²) in [5.41, 5.74) is 3.75. The van der Waals surface area contributed by atoms with Crippen LogP contribution in [0.1, 0.15) is 33.0 Å². The first-order chi connectivity index (χ1) is 13.0. The first kappa shape index (κ1) is 18.1. The number of aromatic nitrogens is 2. The van der Waals surface area contributed by atoms with Crippen LogP contribution in [0.4, 0.5) is 11.5 Å². The highest BCUT2D eigenvalue weighted by atomic mass is 16.1. The Morgan fingerprint density at radius 3 is 2.41 bits per heavy atom. The molecule has 0 bridgehead atoms. The van der Waals surface area contributed by atoms with Gasteiger partial charge in [0.15, 0.2) is 0 Å². The average Bonchev–Trinajstić information content (AvgIpc) is 2.68. The molecule has 3 rings (SSSR count). The number of nitrogens with one attached hydrogen (secondary N) is 2. The van der Waals surface area contributed by atoms with Gasteiger partial charge in [-0.2, -0.15) is 5.26 Å². The Morgan fingerprint density at radius 2 is 1.74 bits per heavy atom. The largest absolute Gasteiger partial charge is 0.366 e. The van der Waals surface area contributed by atoms with E-state index in [4.69, 9.17) is 5.26 Å².